The molecule has 1 heterocycles. The van der Waals surface area contributed by atoms with Gasteiger partial charge in [0.15, 0.2) is 0 Å². The summed E-state index contributed by atoms with van der Waals surface area (Å²) in [7, 11) is 1.92. The lowest BCUT2D eigenvalue weighted by molar-refractivity contribution is -0.143. The Morgan fingerprint density at radius 3 is 2.11 bits per heavy atom. The first-order valence-electron chi connectivity index (χ1n) is 8.59. The van der Waals surface area contributed by atoms with Crippen molar-refractivity contribution in [1.29, 1.82) is 0 Å². The molecule has 1 unspecified atom stereocenters. The molecule has 0 aliphatic carbocycles. The van der Waals surface area contributed by atoms with Gasteiger partial charge in [-0.25, -0.2) is 0 Å². The van der Waals surface area contributed by atoms with Crippen LogP contribution in [0.15, 0.2) is 54.7 Å². The number of hydrogen-bond acceptors (Lipinski definition) is 5. The monoisotopic (exact) mass is 374 g/mol. The van der Waals surface area contributed by atoms with Gasteiger partial charge in [-0.05, 0) is 31.7 Å². The second-order valence-corrected chi connectivity index (χ2v) is 5.85. The van der Waals surface area contributed by atoms with Crippen LogP contribution in [0.5, 0.6) is 0 Å². The van der Waals surface area contributed by atoms with Crippen molar-refractivity contribution in [3.63, 3.8) is 0 Å². The lowest BCUT2D eigenvalue weighted by Crippen LogP contribution is -2.31. The van der Waals surface area contributed by atoms with Gasteiger partial charge in [-0.3, -0.25) is 14.6 Å². The Morgan fingerprint density at radius 1 is 1.04 bits per heavy atom. The number of aliphatic carboxylic acids is 2. The molecule has 0 fully saturated rings. The van der Waals surface area contributed by atoms with Crippen LogP contribution in [-0.4, -0.2) is 47.3 Å². The molecule has 146 valence electrons. The molecule has 0 saturated heterocycles. The molecular weight excluding hydrogens is 348 g/mol. The number of nitrogens with zero attached hydrogens (tertiary/aromatic N) is 1. The number of likely N-dealkylation sites (N-methyl/N-ethyl adjacent to an activating group) is 1. The fourth-order valence-electron chi connectivity index (χ4n) is 2.28. The minimum atomic E-state index is -1.08. The lowest BCUT2D eigenvalue weighted by atomic mass is 9.91. The molecule has 1 atom stereocenters. The average Bonchev–Trinajstić information content (AvgIpc) is 2.68. The zero-order valence-electron chi connectivity index (χ0n) is 15.6. The van der Waals surface area contributed by atoms with E-state index in [1.807, 2.05) is 43.4 Å². The van der Waals surface area contributed by atoms with E-state index in [-0.39, 0.29) is 12.8 Å². The highest BCUT2D eigenvalue weighted by Gasteiger charge is 2.30. The molecule has 27 heavy (non-hydrogen) atoms. The van der Waals surface area contributed by atoms with E-state index in [1.54, 1.807) is 6.20 Å². The third-order valence-corrected chi connectivity index (χ3v) is 3.77. The van der Waals surface area contributed by atoms with E-state index in [1.165, 1.54) is 0 Å². The van der Waals surface area contributed by atoms with E-state index in [2.05, 4.69) is 29.4 Å². The van der Waals surface area contributed by atoms with E-state index in [0.29, 0.717) is 6.61 Å². The van der Waals surface area contributed by atoms with Crippen LogP contribution in [0.4, 0.5) is 0 Å². The van der Waals surface area contributed by atoms with E-state index >= 15 is 0 Å². The van der Waals surface area contributed by atoms with Gasteiger partial charge in [-0.2, -0.15) is 0 Å². The predicted octanol–water partition coefficient (Wildman–Crippen LogP) is 2.52. The Morgan fingerprint density at radius 2 is 1.63 bits per heavy atom. The lowest BCUT2D eigenvalue weighted by Gasteiger charge is -2.30. The number of nitrogens with one attached hydrogen (secondary N) is 1. The standard InChI is InChI=1S/C16H20N2O.C4H6O4/c1-16(19-13-12-17-2,14-8-4-3-5-9-14)15-10-6-7-11-18-15;5-3(6)1-2-4(7)8/h3-11,17H,12-13H2,1-2H3;1-2H2,(H,5,6)(H,7,8). The highest BCUT2D eigenvalue weighted by molar-refractivity contribution is 5.75. The fourth-order valence-corrected chi connectivity index (χ4v) is 2.28. The number of carboxylic acid groups (broad SMARTS) is 2. The molecule has 0 aliphatic heterocycles. The summed E-state index contributed by atoms with van der Waals surface area (Å²) < 4.78 is 6.12. The highest BCUT2D eigenvalue weighted by Crippen LogP contribution is 2.31. The summed E-state index contributed by atoms with van der Waals surface area (Å²) >= 11 is 0. The summed E-state index contributed by atoms with van der Waals surface area (Å²) in [6, 6.07) is 16.1. The first-order chi connectivity index (χ1) is 12.9. The minimum absolute atomic E-state index is 0.296. The van der Waals surface area contributed by atoms with Crippen molar-refractivity contribution >= 4 is 11.9 Å². The molecule has 2 rings (SSSR count). The number of aromatic nitrogens is 1. The highest BCUT2D eigenvalue weighted by atomic mass is 16.5. The van der Waals surface area contributed by atoms with E-state index in [0.717, 1.165) is 17.8 Å². The second kappa shape index (κ2) is 11.8. The number of carbonyl (C=O) groups is 2. The minimum Gasteiger partial charge on any atom is -0.481 e. The number of benzene rings is 1. The average molecular weight is 374 g/mol. The molecule has 1 aromatic carbocycles. The molecular formula is C20H26N2O5. The topological polar surface area (TPSA) is 109 Å². The molecule has 3 N–H and O–H groups in total. The molecule has 7 nitrogen and oxygen atoms in total. The maximum Gasteiger partial charge on any atom is 0.303 e. The van der Waals surface area contributed by atoms with Crippen molar-refractivity contribution in [2.24, 2.45) is 0 Å². The van der Waals surface area contributed by atoms with E-state index < -0.39 is 17.5 Å². The summed E-state index contributed by atoms with van der Waals surface area (Å²) in [4.78, 5) is 23.7. The van der Waals surface area contributed by atoms with Crippen LogP contribution in [0, 0.1) is 0 Å². The Labute approximate surface area is 159 Å². The van der Waals surface area contributed by atoms with Crippen LogP contribution >= 0.6 is 0 Å². The molecule has 7 heteroatoms. The van der Waals surface area contributed by atoms with Crippen molar-refractivity contribution in [2.75, 3.05) is 20.2 Å². The summed E-state index contributed by atoms with van der Waals surface area (Å²) in [6.45, 7) is 3.52. The van der Waals surface area contributed by atoms with E-state index in [9.17, 15) is 9.59 Å². The summed E-state index contributed by atoms with van der Waals surface area (Å²) in [5, 5.41) is 18.9. The van der Waals surface area contributed by atoms with Gasteiger partial charge >= 0.3 is 11.9 Å². The number of rotatable bonds is 9. The summed E-state index contributed by atoms with van der Waals surface area (Å²) in [5.41, 5.74) is 1.53. The van der Waals surface area contributed by atoms with Crippen molar-refractivity contribution in [3.8, 4) is 0 Å². The van der Waals surface area contributed by atoms with Gasteiger partial charge in [0.25, 0.3) is 0 Å². The Hall–Kier alpha value is -2.77. The third-order valence-electron chi connectivity index (χ3n) is 3.77. The molecule has 2 aromatic rings. The number of carboxylic acids is 2. The van der Waals surface area contributed by atoms with Crippen LogP contribution in [0.3, 0.4) is 0 Å². The Bertz CT molecular complexity index is 639. The maximum absolute atomic E-state index is 9.64. The zero-order chi connectivity index (χ0) is 20.1. The van der Waals surface area contributed by atoms with Gasteiger partial charge in [0.1, 0.15) is 5.60 Å². The molecule has 0 spiro atoms. The van der Waals surface area contributed by atoms with Gasteiger partial charge in [-0.1, -0.05) is 36.4 Å². The van der Waals surface area contributed by atoms with Gasteiger partial charge in [0, 0.05) is 12.7 Å². The van der Waals surface area contributed by atoms with E-state index in [4.69, 9.17) is 14.9 Å². The largest absolute Gasteiger partial charge is 0.481 e. The van der Waals surface area contributed by atoms with Gasteiger partial charge in [-0.15, -0.1) is 0 Å². The second-order valence-electron chi connectivity index (χ2n) is 5.85. The number of ether oxygens (including phenoxy) is 1. The quantitative estimate of drug-likeness (QED) is 0.579. The van der Waals surface area contributed by atoms with Gasteiger partial charge < -0.3 is 20.3 Å². The molecule has 0 radical (unpaired) electrons. The molecule has 0 saturated carbocycles. The van der Waals surface area contributed by atoms with Crippen LogP contribution < -0.4 is 5.32 Å². The smallest absolute Gasteiger partial charge is 0.303 e. The molecule has 0 aliphatic rings. The van der Waals surface area contributed by atoms with Crippen LogP contribution in [0.1, 0.15) is 31.0 Å². The van der Waals surface area contributed by atoms with Gasteiger partial charge in [0.2, 0.25) is 0 Å². The summed E-state index contributed by atoms with van der Waals surface area (Å²) in [5.74, 6) is -2.15. The number of pyridine rings is 1. The van der Waals surface area contributed by atoms with Gasteiger partial charge in [0.05, 0.1) is 25.1 Å². The van der Waals surface area contributed by atoms with Crippen molar-refractivity contribution < 1.29 is 24.5 Å². The Kier molecular flexibility index (Phi) is 9.71. The van der Waals surface area contributed by atoms with Crippen molar-refractivity contribution in [1.82, 2.24) is 10.3 Å². The van der Waals surface area contributed by atoms with Crippen LogP contribution in [0.2, 0.25) is 0 Å². The molecule has 0 amide bonds. The van der Waals surface area contributed by atoms with Crippen LogP contribution in [0.25, 0.3) is 0 Å². The summed E-state index contributed by atoms with van der Waals surface area (Å²) in [6.07, 6.45) is 1.21. The normalized spacial score (nSPS) is 12.4. The fraction of sp³-hybridized carbons (Fsp3) is 0.350. The predicted molar refractivity (Wildman–Crippen MR) is 102 cm³/mol. The van der Waals surface area contributed by atoms with Crippen molar-refractivity contribution in [3.05, 3.63) is 66.0 Å². The first kappa shape index (κ1) is 22.3. The molecule has 1 aromatic heterocycles. The van der Waals surface area contributed by atoms with Crippen LogP contribution in [-0.2, 0) is 19.9 Å². The van der Waals surface area contributed by atoms with Crippen molar-refractivity contribution in [2.45, 2.75) is 25.4 Å². The maximum atomic E-state index is 9.64. The third kappa shape index (κ3) is 7.98. The Balaban J connectivity index is 0.000000387. The number of hydrogen-bond donors (Lipinski definition) is 3. The zero-order valence-corrected chi connectivity index (χ0v) is 15.6. The molecule has 0 bridgehead atoms. The SMILES string of the molecule is CNCCOC(C)(c1ccccc1)c1ccccn1.O=C(O)CCC(=O)O. The first-order valence-corrected chi connectivity index (χ1v) is 8.59.